The van der Waals surface area contributed by atoms with Gasteiger partial charge in [0.1, 0.15) is 0 Å². The van der Waals surface area contributed by atoms with Gasteiger partial charge < -0.3 is 0 Å². The molecule has 1 aliphatic rings. The molecule has 0 amide bonds. The van der Waals surface area contributed by atoms with Crippen LogP contribution in [0.5, 0.6) is 0 Å². The van der Waals surface area contributed by atoms with Gasteiger partial charge in [0.05, 0.1) is 17.8 Å². The zero-order valence-electron chi connectivity index (χ0n) is 13.7. The van der Waals surface area contributed by atoms with Crippen LogP contribution in [0.4, 0.5) is 0 Å². The Bertz CT molecular complexity index is 805. The lowest BCUT2D eigenvalue weighted by atomic mass is 10.0. The first-order valence-corrected chi connectivity index (χ1v) is 8.50. The number of nitrogens with zero attached hydrogens (tertiary/aromatic N) is 3. The summed E-state index contributed by atoms with van der Waals surface area (Å²) in [6, 6.07) is 17.9. The fourth-order valence-corrected chi connectivity index (χ4v) is 3.73. The van der Waals surface area contributed by atoms with Crippen LogP contribution in [-0.4, -0.2) is 27.8 Å². The first kappa shape index (κ1) is 14.5. The molecule has 0 radical (unpaired) electrons. The van der Waals surface area contributed by atoms with E-state index in [2.05, 4.69) is 70.1 Å². The van der Waals surface area contributed by atoms with E-state index in [-0.39, 0.29) is 0 Å². The van der Waals surface area contributed by atoms with Crippen molar-refractivity contribution >= 4 is 10.9 Å². The number of para-hydroxylation sites is 1. The molecule has 1 aliphatic heterocycles. The summed E-state index contributed by atoms with van der Waals surface area (Å²) >= 11 is 0. The highest BCUT2D eigenvalue weighted by molar-refractivity contribution is 5.78. The van der Waals surface area contributed by atoms with Crippen LogP contribution in [0.1, 0.15) is 30.0 Å². The van der Waals surface area contributed by atoms with Crippen molar-refractivity contribution in [1.82, 2.24) is 14.7 Å². The van der Waals surface area contributed by atoms with E-state index in [4.69, 9.17) is 0 Å². The third-order valence-electron chi connectivity index (χ3n) is 4.82. The summed E-state index contributed by atoms with van der Waals surface area (Å²) in [6.07, 6.45) is 4.45. The van der Waals surface area contributed by atoms with Crippen molar-refractivity contribution in [2.24, 2.45) is 0 Å². The average molecular weight is 305 g/mol. The van der Waals surface area contributed by atoms with E-state index in [0.29, 0.717) is 6.04 Å². The molecule has 3 nitrogen and oxygen atoms in total. The number of hydrogen-bond acceptors (Lipinski definition) is 2. The minimum atomic E-state index is 0.480. The monoisotopic (exact) mass is 305 g/mol. The Hall–Kier alpha value is -2.13. The van der Waals surface area contributed by atoms with E-state index in [1.165, 1.54) is 41.4 Å². The Morgan fingerprint density at radius 1 is 1.13 bits per heavy atom. The third kappa shape index (κ3) is 3.02. The number of piperidine rings is 1. The van der Waals surface area contributed by atoms with E-state index in [9.17, 15) is 0 Å². The molecule has 0 N–H and O–H groups in total. The van der Waals surface area contributed by atoms with Crippen molar-refractivity contribution in [2.75, 3.05) is 13.1 Å². The fraction of sp³-hybridized carbons (Fsp3) is 0.350. The number of hydrogen-bond donors (Lipinski definition) is 0. The molecule has 1 fully saturated rings. The maximum atomic E-state index is 4.66. The summed E-state index contributed by atoms with van der Waals surface area (Å²) in [5.74, 6) is 0. The normalized spacial score (nSPS) is 19.3. The summed E-state index contributed by atoms with van der Waals surface area (Å²) in [5.41, 5.74) is 4.01. The van der Waals surface area contributed by atoms with Crippen LogP contribution in [0.25, 0.3) is 10.9 Å². The number of fused-ring (bicyclic) bond motifs is 1. The molecule has 0 spiro atoms. The van der Waals surface area contributed by atoms with Crippen LogP contribution in [0.15, 0.2) is 54.7 Å². The zero-order valence-corrected chi connectivity index (χ0v) is 13.7. The van der Waals surface area contributed by atoms with E-state index in [0.717, 1.165) is 13.1 Å². The largest absolute Gasteiger partial charge is 0.297 e. The Kier molecular flexibility index (Phi) is 3.88. The molecule has 4 rings (SSSR count). The third-order valence-corrected chi connectivity index (χ3v) is 4.82. The molecule has 1 aromatic heterocycles. The van der Waals surface area contributed by atoms with Crippen molar-refractivity contribution in [2.45, 2.75) is 32.4 Å². The Morgan fingerprint density at radius 2 is 2.04 bits per heavy atom. The first-order valence-electron chi connectivity index (χ1n) is 8.50. The van der Waals surface area contributed by atoms with Crippen LogP contribution in [-0.2, 0) is 6.54 Å². The van der Waals surface area contributed by atoms with Crippen molar-refractivity contribution in [3.63, 3.8) is 0 Å². The second-order valence-corrected chi connectivity index (χ2v) is 6.67. The van der Waals surface area contributed by atoms with Gasteiger partial charge in [0.15, 0.2) is 0 Å². The molecule has 118 valence electrons. The van der Waals surface area contributed by atoms with E-state index >= 15 is 0 Å². The van der Waals surface area contributed by atoms with Gasteiger partial charge in [-0.1, -0.05) is 48.0 Å². The van der Waals surface area contributed by atoms with Gasteiger partial charge in [-0.15, -0.1) is 0 Å². The minimum Gasteiger partial charge on any atom is -0.297 e. The molecular formula is C20H23N3. The van der Waals surface area contributed by atoms with Crippen molar-refractivity contribution in [3.05, 3.63) is 65.9 Å². The molecule has 0 saturated carbocycles. The van der Waals surface area contributed by atoms with Gasteiger partial charge in [-0.3, -0.25) is 9.58 Å². The molecule has 2 aromatic carbocycles. The molecule has 3 heteroatoms. The van der Waals surface area contributed by atoms with Crippen LogP contribution in [0, 0.1) is 6.92 Å². The minimum absolute atomic E-state index is 0.480. The Labute approximate surface area is 137 Å². The highest BCUT2D eigenvalue weighted by atomic mass is 15.3. The Balaban J connectivity index is 1.53. The van der Waals surface area contributed by atoms with E-state index in [1.807, 2.05) is 6.20 Å². The smallest absolute Gasteiger partial charge is 0.0686 e. The average Bonchev–Trinajstić information content (AvgIpc) is 2.99. The number of aryl methyl sites for hydroxylation is 1. The highest BCUT2D eigenvalue weighted by Gasteiger charge is 2.23. The summed E-state index contributed by atoms with van der Waals surface area (Å²) < 4.78 is 2.23. The molecule has 0 aliphatic carbocycles. The van der Waals surface area contributed by atoms with Crippen molar-refractivity contribution < 1.29 is 0 Å². The predicted molar refractivity (Wildman–Crippen MR) is 94.5 cm³/mol. The van der Waals surface area contributed by atoms with Crippen LogP contribution < -0.4 is 0 Å². The molecule has 23 heavy (non-hydrogen) atoms. The number of rotatable bonds is 3. The topological polar surface area (TPSA) is 21.1 Å². The number of likely N-dealkylation sites (tertiary alicyclic amines) is 1. The molecule has 0 unspecified atom stereocenters. The molecule has 3 aromatic rings. The lowest BCUT2D eigenvalue weighted by Gasteiger charge is -2.33. The maximum Gasteiger partial charge on any atom is 0.0686 e. The maximum absolute atomic E-state index is 4.66. The van der Waals surface area contributed by atoms with Gasteiger partial charge in [0, 0.05) is 18.5 Å². The SMILES string of the molecule is Cc1cccc(CN2CCC[C@@H](n3ncc4ccccc43)C2)c1. The lowest BCUT2D eigenvalue weighted by Crippen LogP contribution is -2.36. The van der Waals surface area contributed by atoms with Crippen LogP contribution in [0.3, 0.4) is 0 Å². The second kappa shape index (κ2) is 6.17. The summed E-state index contributed by atoms with van der Waals surface area (Å²) in [4.78, 5) is 2.57. The Morgan fingerprint density at radius 3 is 2.96 bits per heavy atom. The predicted octanol–water partition coefficient (Wildman–Crippen LogP) is 4.18. The van der Waals surface area contributed by atoms with Gasteiger partial charge in [-0.05, 0) is 37.9 Å². The first-order chi connectivity index (χ1) is 11.3. The second-order valence-electron chi connectivity index (χ2n) is 6.67. The molecule has 2 heterocycles. The van der Waals surface area contributed by atoms with E-state index in [1.54, 1.807) is 0 Å². The zero-order chi connectivity index (χ0) is 15.6. The standard InChI is InChI=1S/C20H23N3/c1-16-6-4-7-17(12-16)14-22-11-5-9-19(15-22)23-20-10-3-2-8-18(20)13-21-23/h2-4,6-8,10,12-13,19H,5,9,11,14-15H2,1H3/t19-/m1/s1. The fourth-order valence-electron chi connectivity index (χ4n) is 3.73. The molecule has 1 atom stereocenters. The quantitative estimate of drug-likeness (QED) is 0.724. The molecular weight excluding hydrogens is 282 g/mol. The van der Waals surface area contributed by atoms with Crippen molar-refractivity contribution in [3.8, 4) is 0 Å². The van der Waals surface area contributed by atoms with Crippen LogP contribution in [0.2, 0.25) is 0 Å². The van der Waals surface area contributed by atoms with Gasteiger partial charge in [0.25, 0.3) is 0 Å². The number of aromatic nitrogens is 2. The molecule has 1 saturated heterocycles. The summed E-state index contributed by atoms with van der Waals surface area (Å²) in [6.45, 7) is 5.47. The van der Waals surface area contributed by atoms with Gasteiger partial charge in [-0.2, -0.15) is 5.10 Å². The van der Waals surface area contributed by atoms with Crippen LogP contribution >= 0.6 is 0 Å². The van der Waals surface area contributed by atoms with Gasteiger partial charge >= 0.3 is 0 Å². The van der Waals surface area contributed by atoms with E-state index < -0.39 is 0 Å². The highest BCUT2D eigenvalue weighted by Crippen LogP contribution is 2.26. The van der Waals surface area contributed by atoms with Gasteiger partial charge in [-0.25, -0.2) is 0 Å². The van der Waals surface area contributed by atoms with Crippen molar-refractivity contribution in [1.29, 1.82) is 0 Å². The number of benzene rings is 2. The summed E-state index contributed by atoms with van der Waals surface area (Å²) in [5, 5.41) is 5.90. The lowest BCUT2D eigenvalue weighted by molar-refractivity contribution is 0.165. The summed E-state index contributed by atoms with van der Waals surface area (Å²) in [7, 11) is 0. The van der Waals surface area contributed by atoms with Gasteiger partial charge in [0.2, 0.25) is 0 Å². The molecule has 0 bridgehead atoms.